The predicted octanol–water partition coefficient (Wildman–Crippen LogP) is 3.97. The second-order valence-corrected chi connectivity index (χ2v) is 8.50. The van der Waals surface area contributed by atoms with Crippen molar-refractivity contribution in [3.63, 3.8) is 0 Å². The van der Waals surface area contributed by atoms with Crippen LogP contribution in [0.25, 0.3) is 11.4 Å². The summed E-state index contributed by atoms with van der Waals surface area (Å²) < 4.78 is 2.21. The van der Waals surface area contributed by atoms with E-state index >= 15 is 0 Å². The Hall–Kier alpha value is -3.13. The van der Waals surface area contributed by atoms with E-state index < -0.39 is 0 Å². The number of nitrogens with one attached hydrogen (secondary N) is 2. The molecule has 0 fully saturated rings. The molecule has 5 rings (SSSR count). The molecule has 30 heavy (non-hydrogen) atoms. The number of benzene rings is 2. The van der Waals surface area contributed by atoms with E-state index in [1.165, 1.54) is 18.2 Å². The summed E-state index contributed by atoms with van der Waals surface area (Å²) >= 11 is 1.48. The lowest BCUT2D eigenvalue weighted by Gasteiger charge is -2.17. The number of hydrogen-bond acceptors (Lipinski definition) is 5. The zero-order chi connectivity index (χ0) is 20.5. The van der Waals surface area contributed by atoms with Crippen LogP contribution in [-0.4, -0.2) is 32.3 Å². The van der Waals surface area contributed by atoms with Gasteiger partial charge in [-0.1, -0.05) is 6.42 Å². The van der Waals surface area contributed by atoms with Crippen molar-refractivity contribution in [1.82, 2.24) is 14.8 Å². The predicted molar refractivity (Wildman–Crippen MR) is 117 cm³/mol. The van der Waals surface area contributed by atoms with Crippen molar-refractivity contribution in [3.05, 3.63) is 53.9 Å². The van der Waals surface area contributed by atoms with Gasteiger partial charge < -0.3 is 15.2 Å². The Morgan fingerprint density at radius 2 is 1.93 bits per heavy atom. The highest BCUT2D eigenvalue weighted by Gasteiger charge is 2.18. The second-order valence-electron chi connectivity index (χ2n) is 7.48. The first-order chi connectivity index (χ1) is 14.7. The molecule has 152 valence electrons. The van der Waals surface area contributed by atoms with E-state index in [1.807, 2.05) is 30.3 Å². The fourth-order valence-electron chi connectivity index (χ4n) is 3.83. The average Bonchev–Trinajstić information content (AvgIpc) is 3.01. The number of nitrogens with zero attached hydrogens (tertiary/aromatic N) is 3. The van der Waals surface area contributed by atoms with Crippen molar-refractivity contribution >= 4 is 35.0 Å². The van der Waals surface area contributed by atoms with E-state index in [9.17, 15) is 9.59 Å². The summed E-state index contributed by atoms with van der Waals surface area (Å²) in [5.41, 5.74) is 2.88. The Balaban J connectivity index is 1.32. The van der Waals surface area contributed by atoms with E-state index in [0.717, 1.165) is 47.9 Å². The maximum atomic E-state index is 12.7. The molecule has 0 aliphatic carbocycles. The molecular formula is C22H21N5O2S. The maximum absolute atomic E-state index is 12.7. The van der Waals surface area contributed by atoms with Gasteiger partial charge in [-0.25, -0.2) is 0 Å². The fourth-order valence-corrected chi connectivity index (χ4v) is 4.62. The zero-order valence-corrected chi connectivity index (χ0v) is 17.2. The van der Waals surface area contributed by atoms with Gasteiger partial charge in [-0.05, 0) is 55.3 Å². The SMILES string of the molecule is O=C1CSc2ccc(C(=O)Nc3ccc(-c4nnc5n4CCCCC5)cc3)cc2N1. The fraction of sp³-hybridized carbons (Fsp3) is 0.273. The zero-order valence-electron chi connectivity index (χ0n) is 16.4. The third-order valence-electron chi connectivity index (χ3n) is 5.39. The standard InChI is InChI=1S/C22H21N5O2S/c28-20-13-30-18-10-7-15(12-17(18)24-20)22(29)23-16-8-5-14(6-9-16)21-26-25-19-4-2-1-3-11-27(19)21/h5-10,12H,1-4,11,13H2,(H,23,29)(H,24,28). The Bertz CT molecular complexity index is 1120. The highest BCUT2D eigenvalue weighted by molar-refractivity contribution is 8.00. The number of fused-ring (bicyclic) bond motifs is 2. The summed E-state index contributed by atoms with van der Waals surface area (Å²) in [5.74, 6) is 2.07. The number of hydrogen-bond donors (Lipinski definition) is 2. The first-order valence-corrected chi connectivity index (χ1v) is 11.1. The number of carbonyl (C=O) groups excluding carboxylic acids is 2. The number of carbonyl (C=O) groups is 2. The van der Waals surface area contributed by atoms with Crippen molar-refractivity contribution in [3.8, 4) is 11.4 Å². The summed E-state index contributed by atoms with van der Waals surface area (Å²) in [5, 5.41) is 14.5. The van der Waals surface area contributed by atoms with Crippen LogP contribution in [0.2, 0.25) is 0 Å². The highest BCUT2D eigenvalue weighted by atomic mass is 32.2. The highest BCUT2D eigenvalue weighted by Crippen LogP contribution is 2.32. The normalized spacial score (nSPS) is 15.5. The first-order valence-electron chi connectivity index (χ1n) is 10.1. The summed E-state index contributed by atoms with van der Waals surface area (Å²) in [6.07, 6.45) is 4.50. The van der Waals surface area contributed by atoms with Crippen LogP contribution in [0.1, 0.15) is 35.4 Å². The third kappa shape index (κ3) is 3.70. The number of aryl methyl sites for hydroxylation is 1. The van der Waals surface area contributed by atoms with Crippen LogP contribution in [-0.2, 0) is 17.8 Å². The van der Waals surface area contributed by atoms with Crippen molar-refractivity contribution in [2.45, 2.75) is 37.1 Å². The van der Waals surface area contributed by atoms with Crippen molar-refractivity contribution in [1.29, 1.82) is 0 Å². The summed E-state index contributed by atoms with van der Waals surface area (Å²) in [6.45, 7) is 0.948. The molecule has 8 heteroatoms. The van der Waals surface area contributed by atoms with Gasteiger partial charge in [-0.15, -0.1) is 22.0 Å². The van der Waals surface area contributed by atoms with Gasteiger partial charge in [-0.2, -0.15) is 0 Å². The lowest BCUT2D eigenvalue weighted by atomic mass is 10.1. The van der Waals surface area contributed by atoms with Crippen LogP contribution in [0.4, 0.5) is 11.4 Å². The smallest absolute Gasteiger partial charge is 0.255 e. The third-order valence-corrected chi connectivity index (χ3v) is 6.46. The molecule has 2 aromatic carbocycles. The minimum Gasteiger partial charge on any atom is -0.324 e. The van der Waals surface area contributed by atoms with E-state index in [-0.39, 0.29) is 11.8 Å². The molecule has 0 radical (unpaired) electrons. The van der Waals surface area contributed by atoms with Crippen LogP contribution >= 0.6 is 11.8 Å². The molecule has 0 saturated carbocycles. The molecule has 0 unspecified atom stereocenters. The Kier molecular flexibility index (Phi) is 5.00. The van der Waals surface area contributed by atoms with Crippen LogP contribution in [0.3, 0.4) is 0 Å². The monoisotopic (exact) mass is 419 g/mol. The number of amides is 2. The van der Waals surface area contributed by atoms with Crippen LogP contribution in [0.15, 0.2) is 47.4 Å². The molecule has 3 aromatic rings. The van der Waals surface area contributed by atoms with Gasteiger partial charge in [0.2, 0.25) is 5.91 Å². The largest absolute Gasteiger partial charge is 0.324 e. The molecule has 0 atom stereocenters. The van der Waals surface area contributed by atoms with Gasteiger partial charge in [0.25, 0.3) is 5.91 Å². The lowest BCUT2D eigenvalue weighted by Crippen LogP contribution is -2.19. The summed E-state index contributed by atoms with van der Waals surface area (Å²) in [7, 11) is 0. The van der Waals surface area contributed by atoms with Gasteiger partial charge in [0, 0.05) is 34.7 Å². The van der Waals surface area contributed by atoms with Gasteiger partial charge in [0.05, 0.1) is 11.4 Å². The summed E-state index contributed by atoms with van der Waals surface area (Å²) in [6, 6.07) is 13.0. The van der Waals surface area contributed by atoms with E-state index in [4.69, 9.17) is 0 Å². The van der Waals surface area contributed by atoms with Gasteiger partial charge in [0.1, 0.15) is 5.82 Å². The number of thioether (sulfide) groups is 1. The van der Waals surface area contributed by atoms with Gasteiger partial charge >= 0.3 is 0 Å². The van der Waals surface area contributed by atoms with Crippen molar-refractivity contribution in [2.24, 2.45) is 0 Å². The van der Waals surface area contributed by atoms with Crippen LogP contribution in [0, 0.1) is 0 Å². The average molecular weight is 420 g/mol. The van der Waals surface area contributed by atoms with Crippen molar-refractivity contribution in [2.75, 3.05) is 16.4 Å². The molecule has 0 saturated heterocycles. The van der Waals surface area contributed by atoms with E-state index in [2.05, 4.69) is 25.4 Å². The van der Waals surface area contributed by atoms with Crippen LogP contribution < -0.4 is 10.6 Å². The van der Waals surface area contributed by atoms with E-state index in [0.29, 0.717) is 22.7 Å². The topological polar surface area (TPSA) is 88.9 Å². The molecule has 1 aromatic heterocycles. The number of anilines is 2. The molecule has 2 amide bonds. The molecule has 2 aliphatic heterocycles. The molecule has 0 bridgehead atoms. The van der Waals surface area contributed by atoms with Crippen LogP contribution in [0.5, 0.6) is 0 Å². The number of aromatic nitrogens is 3. The quantitative estimate of drug-likeness (QED) is 0.671. The molecule has 0 spiro atoms. The molecule has 2 aliphatic rings. The minimum absolute atomic E-state index is 0.0491. The minimum atomic E-state index is -0.216. The van der Waals surface area contributed by atoms with Gasteiger partial charge in [-0.3, -0.25) is 9.59 Å². The molecule has 7 nitrogen and oxygen atoms in total. The molecule has 3 heterocycles. The van der Waals surface area contributed by atoms with E-state index in [1.54, 1.807) is 12.1 Å². The Morgan fingerprint density at radius 3 is 2.80 bits per heavy atom. The maximum Gasteiger partial charge on any atom is 0.255 e. The van der Waals surface area contributed by atoms with Gasteiger partial charge in [0.15, 0.2) is 5.82 Å². The lowest BCUT2D eigenvalue weighted by molar-refractivity contribution is -0.113. The molecular weight excluding hydrogens is 398 g/mol. The number of rotatable bonds is 3. The Morgan fingerprint density at radius 1 is 1.07 bits per heavy atom. The molecule has 2 N–H and O–H groups in total. The van der Waals surface area contributed by atoms with Crippen molar-refractivity contribution < 1.29 is 9.59 Å². The summed E-state index contributed by atoms with van der Waals surface area (Å²) in [4.78, 5) is 25.2. The second kappa shape index (κ2) is 7.95. The Labute approximate surface area is 178 Å². The first kappa shape index (κ1) is 18.9.